The van der Waals surface area contributed by atoms with Gasteiger partial charge in [-0.05, 0) is 34.2 Å². The first-order valence-corrected chi connectivity index (χ1v) is 12.5. The maximum Gasteiger partial charge on any atom is 0.232 e. The molecule has 2 aromatic heterocycles. The summed E-state index contributed by atoms with van der Waals surface area (Å²) in [6.07, 6.45) is 3.13. The number of nitrogens with one attached hydrogen (secondary N) is 1. The number of benzene rings is 2. The van der Waals surface area contributed by atoms with Crippen LogP contribution in [0.3, 0.4) is 0 Å². The van der Waals surface area contributed by atoms with E-state index in [-0.39, 0.29) is 16.7 Å². The lowest BCUT2D eigenvalue weighted by molar-refractivity contribution is -0.121. The second-order valence-electron chi connectivity index (χ2n) is 7.25. The smallest absolute Gasteiger partial charge is 0.232 e. The van der Waals surface area contributed by atoms with E-state index in [2.05, 4.69) is 10.3 Å². The van der Waals surface area contributed by atoms with Crippen LogP contribution in [-0.2, 0) is 14.6 Å². The number of aromatic nitrogens is 1. The van der Waals surface area contributed by atoms with Crippen LogP contribution in [0, 0.1) is 0 Å². The molecule has 0 aliphatic rings. The molecule has 5 nitrogen and oxygen atoms in total. The van der Waals surface area contributed by atoms with E-state index in [1.807, 2.05) is 60.7 Å². The van der Waals surface area contributed by atoms with Crippen molar-refractivity contribution in [3.05, 3.63) is 119 Å². The number of amides is 1. The predicted molar refractivity (Wildman–Crippen MR) is 126 cm³/mol. The second kappa shape index (κ2) is 9.89. The Labute approximate surface area is 191 Å². The Morgan fingerprint density at radius 2 is 1.47 bits per heavy atom. The van der Waals surface area contributed by atoms with E-state index in [1.54, 1.807) is 35.8 Å². The minimum atomic E-state index is -3.70. The van der Waals surface area contributed by atoms with Crippen molar-refractivity contribution in [2.45, 2.75) is 15.4 Å². The summed E-state index contributed by atoms with van der Waals surface area (Å²) in [6.45, 7) is -0.0546. The molecule has 0 radical (unpaired) electrons. The monoisotopic (exact) mass is 462 g/mol. The average Bonchev–Trinajstić information content (AvgIpc) is 3.38. The molecule has 0 spiro atoms. The number of pyridine rings is 1. The number of carbonyl (C=O) groups excluding carboxylic acids is 1. The van der Waals surface area contributed by atoms with E-state index in [9.17, 15) is 13.2 Å². The molecule has 0 saturated carbocycles. The van der Waals surface area contributed by atoms with Crippen LogP contribution in [0.25, 0.3) is 0 Å². The first kappa shape index (κ1) is 21.9. The molecule has 0 bridgehead atoms. The van der Waals surface area contributed by atoms with Gasteiger partial charge in [0, 0.05) is 18.9 Å². The van der Waals surface area contributed by atoms with E-state index in [1.165, 1.54) is 17.5 Å². The van der Waals surface area contributed by atoms with Gasteiger partial charge in [0.05, 0.1) is 5.92 Å². The van der Waals surface area contributed by atoms with Gasteiger partial charge < -0.3 is 5.32 Å². The highest BCUT2D eigenvalue weighted by Crippen LogP contribution is 2.31. The molecule has 0 aliphatic carbocycles. The Balaban J connectivity index is 1.64. The van der Waals surface area contributed by atoms with Crippen LogP contribution < -0.4 is 5.32 Å². The molecule has 0 saturated heterocycles. The van der Waals surface area contributed by atoms with Crippen LogP contribution >= 0.6 is 11.3 Å². The van der Waals surface area contributed by atoms with Gasteiger partial charge in [-0.25, -0.2) is 8.42 Å². The van der Waals surface area contributed by atoms with Crippen molar-refractivity contribution < 1.29 is 13.2 Å². The molecule has 1 amide bonds. The van der Waals surface area contributed by atoms with Crippen molar-refractivity contribution in [3.63, 3.8) is 0 Å². The van der Waals surface area contributed by atoms with E-state index in [0.29, 0.717) is 5.56 Å². The van der Waals surface area contributed by atoms with E-state index in [0.717, 1.165) is 11.1 Å². The Hall–Kier alpha value is -3.29. The van der Waals surface area contributed by atoms with Crippen molar-refractivity contribution in [2.24, 2.45) is 0 Å². The van der Waals surface area contributed by atoms with E-state index in [4.69, 9.17) is 0 Å². The van der Waals surface area contributed by atoms with E-state index < -0.39 is 21.0 Å². The van der Waals surface area contributed by atoms with Crippen LogP contribution in [0.15, 0.2) is 107 Å². The third-order valence-electron chi connectivity index (χ3n) is 5.20. The Morgan fingerprint density at radius 1 is 0.844 bits per heavy atom. The summed E-state index contributed by atoms with van der Waals surface area (Å²) in [5.74, 6) is -0.797. The van der Waals surface area contributed by atoms with Gasteiger partial charge in [0.15, 0.2) is 9.84 Å². The molecular formula is C25H22N2O3S2. The summed E-state index contributed by atoms with van der Waals surface area (Å²) in [5, 5.41) is 3.70. The van der Waals surface area contributed by atoms with Gasteiger partial charge in [-0.15, -0.1) is 11.3 Å². The maximum atomic E-state index is 13.4. The lowest BCUT2D eigenvalue weighted by atomic mass is 9.90. The van der Waals surface area contributed by atoms with Crippen LogP contribution in [0.2, 0.25) is 0 Å². The highest BCUT2D eigenvalue weighted by Gasteiger charge is 2.32. The van der Waals surface area contributed by atoms with Gasteiger partial charge >= 0.3 is 0 Å². The Bertz CT molecular complexity index is 1210. The molecule has 0 aliphatic heterocycles. The molecule has 4 aromatic rings. The summed E-state index contributed by atoms with van der Waals surface area (Å²) in [7, 11) is -3.70. The summed E-state index contributed by atoms with van der Waals surface area (Å²) >= 11 is 1.17. The number of nitrogens with zero attached hydrogens (tertiary/aromatic N) is 1. The number of thiophene rings is 1. The Kier molecular flexibility index (Phi) is 6.78. The molecule has 0 fully saturated rings. The van der Waals surface area contributed by atoms with Crippen molar-refractivity contribution in [3.8, 4) is 0 Å². The molecule has 4 rings (SSSR count). The zero-order valence-corrected chi connectivity index (χ0v) is 18.8. The van der Waals surface area contributed by atoms with Gasteiger partial charge in [0.25, 0.3) is 0 Å². The molecule has 1 N–H and O–H groups in total. The zero-order valence-electron chi connectivity index (χ0n) is 17.2. The van der Waals surface area contributed by atoms with Crippen LogP contribution in [0.5, 0.6) is 0 Å². The lowest BCUT2D eigenvalue weighted by Crippen LogP contribution is -2.35. The maximum absolute atomic E-state index is 13.4. The number of hydrogen-bond donors (Lipinski definition) is 1. The quantitative estimate of drug-likeness (QED) is 0.415. The van der Waals surface area contributed by atoms with Crippen molar-refractivity contribution in [1.82, 2.24) is 10.3 Å². The summed E-state index contributed by atoms with van der Waals surface area (Å²) in [6, 6.07) is 25.7. The van der Waals surface area contributed by atoms with Gasteiger partial charge in [0.2, 0.25) is 5.91 Å². The molecule has 7 heteroatoms. The molecular weight excluding hydrogens is 440 g/mol. The SMILES string of the molecule is O=C(NC[C@H](c1cccnc1)S(=O)(=O)c1cccs1)C(c1ccccc1)c1ccccc1. The van der Waals surface area contributed by atoms with Crippen molar-refractivity contribution in [2.75, 3.05) is 6.54 Å². The standard InChI is InChI=1S/C25H22N2O3S2/c28-25(24(19-9-3-1-4-10-19)20-11-5-2-6-12-20)27-18-22(21-13-7-15-26-17-21)32(29,30)23-14-8-16-31-23/h1-17,22,24H,18H2,(H,27,28)/t22-/m1/s1. The topological polar surface area (TPSA) is 76.1 Å². The Morgan fingerprint density at radius 3 is 2.00 bits per heavy atom. The number of sulfone groups is 1. The van der Waals surface area contributed by atoms with Gasteiger partial charge in [-0.2, -0.15) is 0 Å². The average molecular weight is 463 g/mol. The fourth-order valence-electron chi connectivity index (χ4n) is 3.62. The van der Waals surface area contributed by atoms with Crippen LogP contribution in [0.1, 0.15) is 27.9 Å². The second-order valence-corrected chi connectivity index (χ2v) is 10.6. The summed E-state index contributed by atoms with van der Waals surface area (Å²) in [5.41, 5.74) is 2.22. The minimum absolute atomic E-state index is 0.0546. The molecule has 2 aromatic carbocycles. The fraction of sp³-hybridized carbons (Fsp3) is 0.120. The highest BCUT2D eigenvalue weighted by molar-refractivity contribution is 7.93. The normalized spacial score (nSPS) is 12.4. The molecule has 32 heavy (non-hydrogen) atoms. The minimum Gasteiger partial charge on any atom is -0.354 e. The molecule has 1 atom stereocenters. The van der Waals surface area contributed by atoms with Crippen molar-refractivity contribution in [1.29, 1.82) is 0 Å². The fourth-order valence-corrected chi connectivity index (χ4v) is 6.47. The van der Waals surface area contributed by atoms with Crippen molar-refractivity contribution >= 4 is 27.1 Å². The number of rotatable bonds is 8. The largest absolute Gasteiger partial charge is 0.354 e. The van der Waals surface area contributed by atoms with E-state index >= 15 is 0 Å². The van der Waals surface area contributed by atoms with Crippen LogP contribution in [0.4, 0.5) is 0 Å². The molecule has 2 heterocycles. The predicted octanol–water partition coefficient (Wildman–Crippen LogP) is 4.61. The van der Waals surface area contributed by atoms with Gasteiger partial charge in [0.1, 0.15) is 9.46 Å². The molecule has 162 valence electrons. The summed E-state index contributed by atoms with van der Waals surface area (Å²) < 4.78 is 27.0. The lowest BCUT2D eigenvalue weighted by Gasteiger charge is -2.21. The summed E-state index contributed by atoms with van der Waals surface area (Å²) in [4.78, 5) is 17.5. The van der Waals surface area contributed by atoms with Gasteiger partial charge in [-0.1, -0.05) is 72.8 Å². The van der Waals surface area contributed by atoms with Gasteiger partial charge in [-0.3, -0.25) is 9.78 Å². The number of hydrogen-bond acceptors (Lipinski definition) is 5. The first-order valence-electron chi connectivity index (χ1n) is 10.1. The highest BCUT2D eigenvalue weighted by atomic mass is 32.2. The van der Waals surface area contributed by atoms with Crippen LogP contribution in [-0.4, -0.2) is 25.9 Å². The third kappa shape index (κ3) is 4.79. The molecule has 0 unspecified atom stereocenters. The third-order valence-corrected chi connectivity index (χ3v) is 8.73. The first-order chi connectivity index (χ1) is 15.6. The zero-order chi connectivity index (χ0) is 22.4. The number of carbonyl (C=O) groups is 1.